The zero-order chi connectivity index (χ0) is 13.0. The van der Waals surface area contributed by atoms with Gasteiger partial charge in [0.15, 0.2) is 0 Å². The summed E-state index contributed by atoms with van der Waals surface area (Å²) in [5.74, 6) is 0.450. The molecule has 0 spiro atoms. The Morgan fingerprint density at radius 3 is 2.89 bits per heavy atom. The predicted octanol–water partition coefficient (Wildman–Crippen LogP) is 1.92. The highest BCUT2D eigenvalue weighted by atomic mass is 16.3. The minimum atomic E-state index is 0.314. The molecule has 18 heavy (non-hydrogen) atoms. The van der Waals surface area contributed by atoms with Crippen LogP contribution in [0.5, 0.6) is 0 Å². The van der Waals surface area contributed by atoms with Crippen LogP contribution in [0.15, 0.2) is 18.2 Å². The number of anilines is 1. The Morgan fingerprint density at radius 2 is 2.28 bits per heavy atom. The molecule has 0 aromatic heterocycles. The lowest BCUT2D eigenvalue weighted by atomic mass is 10.1. The summed E-state index contributed by atoms with van der Waals surface area (Å²) in [7, 11) is 0. The van der Waals surface area contributed by atoms with Crippen molar-refractivity contribution in [3.05, 3.63) is 29.3 Å². The summed E-state index contributed by atoms with van der Waals surface area (Å²) in [6.45, 7) is 8.62. The van der Waals surface area contributed by atoms with Gasteiger partial charge in [-0.2, -0.15) is 0 Å². The fraction of sp³-hybridized carbons (Fsp3) is 0.600. The first-order valence-electron chi connectivity index (χ1n) is 6.90. The van der Waals surface area contributed by atoms with Gasteiger partial charge in [-0.25, -0.2) is 0 Å². The normalized spacial score (nSPS) is 19.5. The highest BCUT2D eigenvalue weighted by Crippen LogP contribution is 2.27. The van der Waals surface area contributed by atoms with E-state index in [1.165, 1.54) is 16.8 Å². The number of aliphatic hydroxyl groups excluding tert-OH is 1. The molecule has 1 fully saturated rings. The van der Waals surface area contributed by atoms with Crippen LogP contribution in [-0.4, -0.2) is 31.3 Å². The van der Waals surface area contributed by atoms with Crippen molar-refractivity contribution in [1.29, 1.82) is 0 Å². The molecule has 2 N–H and O–H groups in total. The van der Waals surface area contributed by atoms with E-state index in [-0.39, 0.29) is 0 Å². The summed E-state index contributed by atoms with van der Waals surface area (Å²) in [4.78, 5) is 2.40. The monoisotopic (exact) mass is 248 g/mol. The Morgan fingerprint density at radius 1 is 1.44 bits per heavy atom. The largest absolute Gasteiger partial charge is 0.396 e. The molecule has 1 aliphatic heterocycles. The molecule has 0 radical (unpaired) electrons. The van der Waals surface area contributed by atoms with E-state index >= 15 is 0 Å². The SMILES string of the molecule is CCNCc1ccc(N2CCC(CO)C2)c(C)c1. The number of benzene rings is 1. The van der Waals surface area contributed by atoms with Gasteiger partial charge in [0.25, 0.3) is 0 Å². The van der Waals surface area contributed by atoms with Crippen LogP contribution in [0.2, 0.25) is 0 Å². The molecular formula is C15H24N2O. The van der Waals surface area contributed by atoms with Crippen LogP contribution in [0.1, 0.15) is 24.5 Å². The van der Waals surface area contributed by atoms with Gasteiger partial charge < -0.3 is 15.3 Å². The minimum Gasteiger partial charge on any atom is -0.396 e. The summed E-state index contributed by atoms with van der Waals surface area (Å²) in [5.41, 5.74) is 4.01. The number of rotatable bonds is 5. The molecule has 1 aliphatic rings. The van der Waals surface area contributed by atoms with Crippen molar-refractivity contribution in [2.45, 2.75) is 26.8 Å². The zero-order valence-corrected chi connectivity index (χ0v) is 11.4. The van der Waals surface area contributed by atoms with Crippen LogP contribution in [-0.2, 0) is 6.54 Å². The highest BCUT2D eigenvalue weighted by Gasteiger charge is 2.22. The molecule has 100 valence electrons. The van der Waals surface area contributed by atoms with Crippen molar-refractivity contribution in [2.75, 3.05) is 31.1 Å². The number of nitrogens with zero attached hydrogens (tertiary/aromatic N) is 1. The van der Waals surface area contributed by atoms with Crippen LogP contribution >= 0.6 is 0 Å². The van der Waals surface area contributed by atoms with Gasteiger partial charge in [0.1, 0.15) is 0 Å². The lowest BCUT2D eigenvalue weighted by Gasteiger charge is -2.21. The predicted molar refractivity (Wildman–Crippen MR) is 76.0 cm³/mol. The summed E-state index contributed by atoms with van der Waals surface area (Å²) < 4.78 is 0. The molecule has 0 amide bonds. The summed E-state index contributed by atoms with van der Waals surface area (Å²) in [5, 5.41) is 12.6. The molecule has 3 heteroatoms. The van der Waals surface area contributed by atoms with E-state index in [0.29, 0.717) is 12.5 Å². The highest BCUT2D eigenvalue weighted by molar-refractivity contribution is 5.55. The van der Waals surface area contributed by atoms with E-state index in [4.69, 9.17) is 0 Å². The van der Waals surface area contributed by atoms with Crippen LogP contribution < -0.4 is 10.2 Å². The van der Waals surface area contributed by atoms with Gasteiger partial charge >= 0.3 is 0 Å². The Bertz CT molecular complexity index is 392. The third-order valence-electron chi connectivity index (χ3n) is 3.73. The van der Waals surface area contributed by atoms with Crippen molar-refractivity contribution >= 4 is 5.69 Å². The first kappa shape index (κ1) is 13.4. The Balaban J connectivity index is 2.05. The minimum absolute atomic E-state index is 0.314. The first-order valence-corrected chi connectivity index (χ1v) is 6.90. The van der Waals surface area contributed by atoms with E-state index in [2.05, 4.69) is 42.3 Å². The molecule has 1 aromatic rings. The molecule has 1 aromatic carbocycles. The molecule has 0 aliphatic carbocycles. The van der Waals surface area contributed by atoms with Crippen molar-refractivity contribution in [2.24, 2.45) is 5.92 Å². The van der Waals surface area contributed by atoms with Gasteiger partial charge in [-0.3, -0.25) is 0 Å². The standard InChI is InChI=1S/C15H24N2O/c1-3-16-9-13-4-5-15(12(2)8-13)17-7-6-14(10-17)11-18/h4-5,8,14,16,18H,3,6-7,9-11H2,1-2H3. The van der Waals surface area contributed by atoms with Crippen molar-refractivity contribution in [1.82, 2.24) is 5.32 Å². The number of aliphatic hydroxyl groups is 1. The zero-order valence-electron chi connectivity index (χ0n) is 11.4. The topological polar surface area (TPSA) is 35.5 Å². The fourth-order valence-corrected chi connectivity index (χ4v) is 2.65. The second-order valence-electron chi connectivity index (χ2n) is 5.18. The average molecular weight is 248 g/mol. The molecule has 0 bridgehead atoms. The van der Waals surface area contributed by atoms with Crippen LogP contribution in [0, 0.1) is 12.8 Å². The quantitative estimate of drug-likeness (QED) is 0.835. The Kier molecular flexibility index (Phi) is 4.61. The van der Waals surface area contributed by atoms with Crippen molar-refractivity contribution in [3.8, 4) is 0 Å². The summed E-state index contributed by atoms with van der Waals surface area (Å²) >= 11 is 0. The smallest absolute Gasteiger partial charge is 0.0476 e. The van der Waals surface area contributed by atoms with Gasteiger partial charge in [-0.1, -0.05) is 19.1 Å². The van der Waals surface area contributed by atoms with E-state index in [1.54, 1.807) is 0 Å². The lowest BCUT2D eigenvalue weighted by molar-refractivity contribution is 0.238. The number of hydrogen-bond donors (Lipinski definition) is 2. The average Bonchev–Trinajstić information content (AvgIpc) is 2.85. The molecule has 2 rings (SSSR count). The third-order valence-corrected chi connectivity index (χ3v) is 3.73. The fourth-order valence-electron chi connectivity index (χ4n) is 2.65. The van der Waals surface area contributed by atoms with E-state index in [0.717, 1.165) is 32.6 Å². The summed E-state index contributed by atoms with van der Waals surface area (Å²) in [6, 6.07) is 6.70. The molecule has 0 saturated carbocycles. The van der Waals surface area contributed by atoms with Crippen molar-refractivity contribution in [3.63, 3.8) is 0 Å². The third kappa shape index (κ3) is 3.03. The number of aryl methyl sites for hydroxylation is 1. The van der Waals surface area contributed by atoms with E-state index in [1.807, 2.05) is 0 Å². The van der Waals surface area contributed by atoms with Crippen LogP contribution in [0.25, 0.3) is 0 Å². The second kappa shape index (κ2) is 6.21. The maximum absolute atomic E-state index is 9.21. The van der Waals surface area contributed by atoms with Crippen molar-refractivity contribution < 1.29 is 5.11 Å². The number of nitrogens with one attached hydrogen (secondary N) is 1. The van der Waals surface area contributed by atoms with Crippen LogP contribution in [0.4, 0.5) is 5.69 Å². The molecule has 1 unspecified atom stereocenters. The van der Waals surface area contributed by atoms with Gasteiger partial charge in [-0.05, 0) is 37.1 Å². The van der Waals surface area contributed by atoms with Gasteiger partial charge in [0, 0.05) is 37.8 Å². The van der Waals surface area contributed by atoms with Crippen LogP contribution in [0.3, 0.4) is 0 Å². The maximum atomic E-state index is 9.21. The molecule has 1 atom stereocenters. The number of hydrogen-bond acceptors (Lipinski definition) is 3. The first-order chi connectivity index (χ1) is 8.74. The van der Waals surface area contributed by atoms with E-state index < -0.39 is 0 Å². The van der Waals surface area contributed by atoms with E-state index in [9.17, 15) is 5.11 Å². The summed E-state index contributed by atoms with van der Waals surface area (Å²) in [6.07, 6.45) is 1.11. The Labute approximate surface area is 110 Å². The van der Waals surface area contributed by atoms with Gasteiger partial charge in [0.2, 0.25) is 0 Å². The van der Waals surface area contributed by atoms with Gasteiger partial charge in [0.05, 0.1) is 0 Å². The molecule has 1 saturated heterocycles. The molecule has 1 heterocycles. The lowest BCUT2D eigenvalue weighted by Crippen LogP contribution is -2.21. The molecule has 3 nitrogen and oxygen atoms in total. The van der Waals surface area contributed by atoms with Gasteiger partial charge in [-0.15, -0.1) is 0 Å². The molecular weight excluding hydrogens is 224 g/mol. The maximum Gasteiger partial charge on any atom is 0.0476 e. The Hall–Kier alpha value is -1.06. The second-order valence-corrected chi connectivity index (χ2v) is 5.18.